The summed E-state index contributed by atoms with van der Waals surface area (Å²) in [5.41, 5.74) is 2.19. The molecule has 1 fully saturated rings. The predicted octanol–water partition coefficient (Wildman–Crippen LogP) is 2.38. The third-order valence-corrected chi connectivity index (χ3v) is 4.01. The molecule has 0 spiro atoms. The Labute approximate surface area is 130 Å². The van der Waals surface area contributed by atoms with Crippen LogP contribution in [0.15, 0.2) is 18.2 Å². The van der Waals surface area contributed by atoms with Gasteiger partial charge in [-0.1, -0.05) is 24.6 Å². The van der Waals surface area contributed by atoms with Crippen LogP contribution in [-0.2, 0) is 11.3 Å². The molecule has 2 N–H and O–H groups in total. The maximum atomic E-state index is 11.2. The summed E-state index contributed by atoms with van der Waals surface area (Å²) < 4.78 is 4.63. The van der Waals surface area contributed by atoms with Crippen molar-refractivity contribution in [2.45, 2.75) is 25.9 Å². The molecule has 0 bridgehead atoms. The van der Waals surface area contributed by atoms with Crippen LogP contribution in [0.5, 0.6) is 0 Å². The van der Waals surface area contributed by atoms with E-state index in [1.165, 1.54) is 7.11 Å². The van der Waals surface area contributed by atoms with Gasteiger partial charge < -0.3 is 20.3 Å². The van der Waals surface area contributed by atoms with Crippen molar-refractivity contribution < 1.29 is 9.53 Å². The van der Waals surface area contributed by atoms with E-state index >= 15 is 0 Å². The number of amides is 1. The molecule has 1 amide bonds. The number of ether oxygens (including phenoxy) is 1. The fourth-order valence-electron chi connectivity index (χ4n) is 2.47. The molecule has 5 nitrogen and oxygen atoms in total. The normalized spacial score (nSPS) is 17.9. The number of nitrogens with one attached hydrogen (secondary N) is 2. The van der Waals surface area contributed by atoms with Crippen molar-refractivity contribution in [1.82, 2.24) is 10.6 Å². The molecule has 0 aromatic heterocycles. The summed E-state index contributed by atoms with van der Waals surface area (Å²) in [5.74, 6) is 0. The highest BCUT2D eigenvalue weighted by Gasteiger charge is 2.24. The highest BCUT2D eigenvalue weighted by molar-refractivity contribution is 6.31. The van der Waals surface area contributed by atoms with Crippen molar-refractivity contribution in [3.05, 3.63) is 28.8 Å². The Hall–Kier alpha value is -1.46. The molecule has 1 unspecified atom stereocenters. The van der Waals surface area contributed by atoms with Gasteiger partial charge in [-0.05, 0) is 30.7 Å². The van der Waals surface area contributed by atoms with Crippen LogP contribution >= 0.6 is 11.6 Å². The van der Waals surface area contributed by atoms with Gasteiger partial charge in [-0.15, -0.1) is 0 Å². The molecular weight excluding hydrogens is 290 g/mol. The number of alkyl carbamates (subject to hydrolysis) is 1. The molecule has 1 aliphatic rings. The van der Waals surface area contributed by atoms with Gasteiger partial charge in [-0.25, -0.2) is 4.79 Å². The lowest BCUT2D eigenvalue weighted by molar-refractivity contribution is 0.167. The fourth-order valence-corrected chi connectivity index (χ4v) is 2.72. The molecule has 1 heterocycles. The van der Waals surface area contributed by atoms with Crippen LogP contribution in [-0.4, -0.2) is 38.9 Å². The molecule has 1 aromatic rings. The Morgan fingerprint density at radius 3 is 3.00 bits per heavy atom. The maximum absolute atomic E-state index is 11.2. The van der Waals surface area contributed by atoms with Crippen molar-refractivity contribution in [1.29, 1.82) is 0 Å². The molecule has 116 valence electrons. The minimum atomic E-state index is -0.374. The SMILES string of the molecule is CCNCc1ccc(N2CCC(NC(=O)OC)C2)cc1Cl. The van der Waals surface area contributed by atoms with Gasteiger partial charge in [0, 0.05) is 30.3 Å². The van der Waals surface area contributed by atoms with Gasteiger partial charge >= 0.3 is 6.09 Å². The number of benzene rings is 1. The van der Waals surface area contributed by atoms with Crippen LogP contribution in [0.3, 0.4) is 0 Å². The molecule has 1 aliphatic heterocycles. The highest BCUT2D eigenvalue weighted by atomic mass is 35.5. The quantitative estimate of drug-likeness (QED) is 0.876. The number of rotatable bonds is 5. The molecule has 2 rings (SSSR count). The van der Waals surface area contributed by atoms with Gasteiger partial charge in [0.2, 0.25) is 0 Å². The van der Waals surface area contributed by atoms with E-state index in [9.17, 15) is 4.79 Å². The second kappa shape index (κ2) is 7.52. The number of methoxy groups -OCH3 is 1. The highest BCUT2D eigenvalue weighted by Crippen LogP contribution is 2.26. The van der Waals surface area contributed by atoms with E-state index in [4.69, 9.17) is 11.6 Å². The lowest BCUT2D eigenvalue weighted by atomic mass is 10.2. The summed E-state index contributed by atoms with van der Waals surface area (Å²) in [6.07, 6.45) is 0.534. The van der Waals surface area contributed by atoms with Gasteiger partial charge in [0.15, 0.2) is 0 Å². The third kappa shape index (κ3) is 4.25. The van der Waals surface area contributed by atoms with Crippen molar-refractivity contribution in [2.75, 3.05) is 31.6 Å². The number of carbonyl (C=O) groups excluding carboxylic acids is 1. The number of carbonyl (C=O) groups is 1. The molecule has 1 saturated heterocycles. The average molecular weight is 312 g/mol. The molecule has 0 radical (unpaired) electrons. The minimum Gasteiger partial charge on any atom is -0.453 e. The van der Waals surface area contributed by atoms with Crippen molar-refractivity contribution >= 4 is 23.4 Å². The minimum absolute atomic E-state index is 0.123. The third-order valence-electron chi connectivity index (χ3n) is 3.66. The standard InChI is InChI=1S/C15H22ClN3O2/c1-3-17-9-11-4-5-13(8-14(11)16)19-7-6-12(10-19)18-15(20)21-2/h4-5,8,12,17H,3,6-7,9-10H2,1-2H3,(H,18,20). The Kier molecular flexibility index (Phi) is 5.70. The summed E-state index contributed by atoms with van der Waals surface area (Å²) in [5, 5.41) is 6.88. The molecule has 6 heteroatoms. The van der Waals surface area contributed by atoms with E-state index < -0.39 is 0 Å². The Balaban J connectivity index is 1.96. The van der Waals surface area contributed by atoms with Gasteiger partial charge in [0.25, 0.3) is 0 Å². The topological polar surface area (TPSA) is 53.6 Å². The van der Waals surface area contributed by atoms with E-state index in [-0.39, 0.29) is 12.1 Å². The number of hydrogen-bond acceptors (Lipinski definition) is 4. The number of hydrogen-bond donors (Lipinski definition) is 2. The fraction of sp³-hybridized carbons (Fsp3) is 0.533. The van der Waals surface area contributed by atoms with Crippen LogP contribution in [0.1, 0.15) is 18.9 Å². The zero-order valence-corrected chi connectivity index (χ0v) is 13.2. The monoisotopic (exact) mass is 311 g/mol. The first-order valence-corrected chi connectivity index (χ1v) is 7.60. The molecular formula is C15H22ClN3O2. The zero-order valence-electron chi connectivity index (χ0n) is 12.5. The molecule has 21 heavy (non-hydrogen) atoms. The average Bonchev–Trinajstić information content (AvgIpc) is 2.94. The Morgan fingerprint density at radius 1 is 1.52 bits per heavy atom. The second-order valence-corrected chi connectivity index (χ2v) is 5.53. The van der Waals surface area contributed by atoms with Crippen LogP contribution < -0.4 is 15.5 Å². The summed E-state index contributed by atoms with van der Waals surface area (Å²) >= 11 is 6.33. The van der Waals surface area contributed by atoms with E-state index in [0.29, 0.717) is 0 Å². The van der Waals surface area contributed by atoms with Gasteiger partial charge in [0.05, 0.1) is 13.2 Å². The van der Waals surface area contributed by atoms with Crippen LogP contribution in [0.25, 0.3) is 0 Å². The van der Waals surface area contributed by atoms with Gasteiger partial charge in [-0.3, -0.25) is 0 Å². The van der Waals surface area contributed by atoms with Crippen LogP contribution in [0.4, 0.5) is 10.5 Å². The van der Waals surface area contributed by atoms with Crippen molar-refractivity contribution in [2.24, 2.45) is 0 Å². The van der Waals surface area contributed by atoms with E-state index in [1.807, 2.05) is 6.07 Å². The zero-order chi connectivity index (χ0) is 15.2. The molecule has 0 saturated carbocycles. The van der Waals surface area contributed by atoms with E-state index in [1.54, 1.807) is 0 Å². The maximum Gasteiger partial charge on any atom is 0.407 e. The number of halogens is 1. The summed E-state index contributed by atoms with van der Waals surface area (Å²) in [4.78, 5) is 13.5. The smallest absolute Gasteiger partial charge is 0.407 e. The van der Waals surface area contributed by atoms with E-state index in [2.05, 4.69) is 39.3 Å². The van der Waals surface area contributed by atoms with Crippen LogP contribution in [0.2, 0.25) is 5.02 Å². The number of nitrogens with zero attached hydrogens (tertiary/aromatic N) is 1. The van der Waals surface area contributed by atoms with Crippen LogP contribution in [0, 0.1) is 0 Å². The van der Waals surface area contributed by atoms with Crippen molar-refractivity contribution in [3.63, 3.8) is 0 Å². The van der Waals surface area contributed by atoms with Gasteiger partial charge in [0.1, 0.15) is 0 Å². The van der Waals surface area contributed by atoms with Crippen molar-refractivity contribution in [3.8, 4) is 0 Å². The Bertz CT molecular complexity index is 496. The second-order valence-electron chi connectivity index (χ2n) is 5.12. The summed E-state index contributed by atoms with van der Waals surface area (Å²) in [6.45, 7) is 5.45. The first kappa shape index (κ1) is 15.9. The first-order chi connectivity index (χ1) is 10.1. The molecule has 0 aliphatic carbocycles. The summed E-state index contributed by atoms with van der Waals surface area (Å²) in [6, 6.07) is 6.26. The Morgan fingerprint density at radius 2 is 2.33 bits per heavy atom. The number of anilines is 1. The van der Waals surface area contributed by atoms with Gasteiger partial charge in [-0.2, -0.15) is 0 Å². The van der Waals surface area contributed by atoms with E-state index in [0.717, 1.165) is 48.9 Å². The largest absolute Gasteiger partial charge is 0.453 e. The predicted molar refractivity (Wildman–Crippen MR) is 85.0 cm³/mol. The first-order valence-electron chi connectivity index (χ1n) is 7.22. The lowest BCUT2D eigenvalue weighted by Crippen LogP contribution is -2.36. The lowest BCUT2D eigenvalue weighted by Gasteiger charge is -2.20. The summed E-state index contributed by atoms with van der Waals surface area (Å²) in [7, 11) is 1.38. The molecule has 1 atom stereocenters. The molecule has 1 aromatic carbocycles.